The summed E-state index contributed by atoms with van der Waals surface area (Å²) in [5, 5.41) is 2.61. The molecule has 0 spiro atoms. The second kappa shape index (κ2) is 5.31. The molecule has 0 unspecified atom stereocenters. The van der Waals surface area contributed by atoms with Crippen molar-refractivity contribution in [1.82, 2.24) is 15.0 Å². The van der Waals surface area contributed by atoms with Gasteiger partial charge in [-0.05, 0) is 12.1 Å². The summed E-state index contributed by atoms with van der Waals surface area (Å²) in [6, 6.07) is 16.8. The highest BCUT2D eigenvalue weighted by Crippen LogP contribution is 2.24. The van der Waals surface area contributed by atoms with Gasteiger partial charge in [0.05, 0.1) is 0 Å². The molecule has 19 heavy (non-hydrogen) atoms. The van der Waals surface area contributed by atoms with Crippen LogP contribution in [-0.4, -0.2) is 15.0 Å². The van der Waals surface area contributed by atoms with Crippen LogP contribution in [0.1, 0.15) is 0 Å². The Morgan fingerprint density at radius 1 is 0.579 bits per heavy atom. The summed E-state index contributed by atoms with van der Waals surface area (Å²) < 4.78 is 0. The van der Waals surface area contributed by atoms with Crippen molar-refractivity contribution in [3.8, 4) is 0 Å². The molecule has 0 saturated heterocycles. The lowest BCUT2D eigenvalue weighted by atomic mass is 10.2. The van der Waals surface area contributed by atoms with Crippen LogP contribution in [0.3, 0.4) is 0 Å². The molecular formula is C16H13N3. The highest BCUT2D eigenvalue weighted by Gasteiger charge is 2.00. The Morgan fingerprint density at radius 2 is 1.00 bits per heavy atom. The lowest BCUT2D eigenvalue weighted by molar-refractivity contribution is 1.20. The molecule has 0 aliphatic carbocycles. The van der Waals surface area contributed by atoms with Crippen LogP contribution >= 0.6 is 0 Å². The van der Waals surface area contributed by atoms with E-state index in [0.717, 1.165) is 0 Å². The Labute approximate surface area is 111 Å². The zero-order valence-corrected chi connectivity index (χ0v) is 10.3. The topological polar surface area (TPSA) is 41.6 Å². The molecule has 0 radical (unpaired) electrons. The fourth-order valence-electron chi connectivity index (χ4n) is 2.05. The number of H-pyrrole nitrogens is 1. The Balaban J connectivity index is 0.000000155. The van der Waals surface area contributed by atoms with Crippen molar-refractivity contribution in [1.29, 1.82) is 0 Å². The smallest absolute Gasteiger partial charge is 0.0464 e. The van der Waals surface area contributed by atoms with Crippen LogP contribution in [0, 0.1) is 0 Å². The predicted molar refractivity (Wildman–Crippen MR) is 77.8 cm³/mol. The summed E-state index contributed by atoms with van der Waals surface area (Å²) in [6.45, 7) is 0. The zero-order chi connectivity index (χ0) is 12.9. The van der Waals surface area contributed by atoms with Gasteiger partial charge in [0.25, 0.3) is 0 Å². The van der Waals surface area contributed by atoms with Crippen molar-refractivity contribution < 1.29 is 0 Å². The number of nitrogens with one attached hydrogen (secondary N) is 1. The van der Waals surface area contributed by atoms with Crippen molar-refractivity contribution in [2.75, 3.05) is 0 Å². The van der Waals surface area contributed by atoms with E-state index in [1.165, 1.54) is 21.8 Å². The van der Waals surface area contributed by atoms with E-state index in [1.54, 1.807) is 24.8 Å². The normalized spacial score (nSPS) is 10.1. The number of aromatic nitrogens is 3. The summed E-state index contributed by atoms with van der Waals surface area (Å²) >= 11 is 0. The van der Waals surface area contributed by atoms with Gasteiger partial charge >= 0.3 is 0 Å². The number of benzene rings is 2. The average molecular weight is 247 g/mol. The van der Waals surface area contributed by atoms with Gasteiger partial charge in [-0.3, -0.25) is 9.97 Å². The number of para-hydroxylation sites is 2. The van der Waals surface area contributed by atoms with Gasteiger partial charge in [0.15, 0.2) is 0 Å². The molecule has 92 valence electrons. The minimum Gasteiger partial charge on any atom is -0.355 e. The summed E-state index contributed by atoms with van der Waals surface area (Å²) in [6.07, 6.45) is 6.56. The maximum Gasteiger partial charge on any atom is 0.0464 e. The first-order chi connectivity index (χ1) is 9.45. The standard InChI is InChI=1S/C12H9N.C4H4N2/c1-3-7-11-9(5-1)10-6-2-4-8-12(10)13-11;1-2-6-4-3-5-1/h1-8,13H;1-4H. The van der Waals surface area contributed by atoms with E-state index in [1.807, 2.05) is 0 Å². The van der Waals surface area contributed by atoms with Crippen LogP contribution in [0.4, 0.5) is 0 Å². The van der Waals surface area contributed by atoms with Crippen LogP contribution in [-0.2, 0) is 0 Å². The van der Waals surface area contributed by atoms with Crippen molar-refractivity contribution in [2.45, 2.75) is 0 Å². The fourth-order valence-corrected chi connectivity index (χ4v) is 2.05. The molecule has 2 aromatic heterocycles. The molecule has 0 fully saturated rings. The largest absolute Gasteiger partial charge is 0.355 e. The highest BCUT2D eigenvalue weighted by atomic mass is 14.7. The SMILES string of the molecule is c1ccc2c(c1)[nH]c1ccccc12.c1cnccn1. The molecule has 4 rings (SSSR count). The van der Waals surface area contributed by atoms with Crippen LogP contribution in [0.5, 0.6) is 0 Å². The maximum absolute atomic E-state index is 3.72. The van der Waals surface area contributed by atoms with E-state index < -0.39 is 0 Å². The van der Waals surface area contributed by atoms with Crippen LogP contribution in [0.15, 0.2) is 73.3 Å². The summed E-state index contributed by atoms with van der Waals surface area (Å²) in [4.78, 5) is 10.8. The molecule has 0 saturated carbocycles. The lowest BCUT2D eigenvalue weighted by Gasteiger charge is -1.87. The third-order valence-electron chi connectivity index (χ3n) is 2.89. The average Bonchev–Trinajstić information content (AvgIpc) is 2.88. The summed E-state index contributed by atoms with van der Waals surface area (Å²) in [5.41, 5.74) is 2.42. The summed E-state index contributed by atoms with van der Waals surface area (Å²) in [5.74, 6) is 0. The second-order valence-electron chi connectivity index (χ2n) is 4.11. The highest BCUT2D eigenvalue weighted by molar-refractivity contribution is 6.06. The third-order valence-corrected chi connectivity index (χ3v) is 2.89. The van der Waals surface area contributed by atoms with Gasteiger partial charge in [0, 0.05) is 46.6 Å². The molecule has 2 aromatic carbocycles. The second-order valence-corrected chi connectivity index (χ2v) is 4.11. The number of hydrogen-bond donors (Lipinski definition) is 1. The van der Waals surface area contributed by atoms with E-state index in [4.69, 9.17) is 0 Å². The van der Waals surface area contributed by atoms with Crippen LogP contribution < -0.4 is 0 Å². The molecular weight excluding hydrogens is 234 g/mol. The van der Waals surface area contributed by atoms with Gasteiger partial charge in [-0.25, -0.2) is 0 Å². The van der Waals surface area contributed by atoms with E-state index >= 15 is 0 Å². The monoisotopic (exact) mass is 247 g/mol. The van der Waals surface area contributed by atoms with Gasteiger partial charge in [-0.15, -0.1) is 0 Å². The molecule has 0 aliphatic heterocycles. The van der Waals surface area contributed by atoms with E-state index in [2.05, 4.69) is 63.5 Å². The molecule has 3 nitrogen and oxygen atoms in total. The van der Waals surface area contributed by atoms with Crippen molar-refractivity contribution in [2.24, 2.45) is 0 Å². The Kier molecular flexibility index (Phi) is 3.19. The van der Waals surface area contributed by atoms with Crippen molar-refractivity contribution >= 4 is 21.8 Å². The van der Waals surface area contributed by atoms with Gasteiger partial charge in [-0.1, -0.05) is 36.4 Å². The van der Waals surface area contributed by atoms with Crippen molar-refractivity contribution in [3.05, 3.63) is 73.3 Å². The van der Waals surface area contributed by atoms with Crippen LogP contribution in [0.25, 0.3) is 21.8 Å². The number of fused-ring (bicyclic) bond motifs is 3. The number of aromatic amines is 1. The molecule has 0 bridgehead atoms. The molecule has 0 atom stereocenters. The maximum atomic E-state index is 3.72. The first-order valence-electron chi connectivity index (χ1n) is 6.10. The van der Waals surface area contributed by atoms with E-state index in [-0.39, 0.29) is 0 Å². The van der Waals surface area contributed by atoms with Crippen molar-refractivity contribution in [3.63, 3.8) is 0 Å². The molecule has 0 aliphatic rings. The minimum absolute atomic E-state index is 1.21. The quantitative estimate of drug-likeness (QED) is 0.513. The van der Waals surface area contributed by atoms with Gasteiger partial charge in [-0.2, -0.15) is 0 Å². The predicted octanol–water partition coefficient (Wildman–Crippen LogP) is 3.80. The van der Waals surface area contributed by atoms with E-state index in [9.17, 15) is 0 Å². The lowest BCUT2D eigenvalue weighted by Crippen LogP contribution is -1.66. The van der Waals surface area contributed by atoms with Gasteiger partial charge < -0.3 is 4.98 Å². The number of hydrogen-bond acceptors (Lipinski definition) is 2. The Bertz CT molecular complexity index is 698. The molecule has 3 heteroatoms. The summed E-state index contributed by atoms with van der Waals surface area (Å²) in [7, 11) is 0. The molecule has 2 heterocycles. The van der Waals surface area contributed by atoms with E-state index in [0.29, 0.717) is 0 Å². The Hall–Kier alpha value is -2.68. The molecule has 4 aromatic rings. The third kappa shape index (κ3) is 2.45. The number of rotatable bonds is 0. The fraction of sp³-hybridized carbons (Fsp3) is 0. The van der Waals surface area contributed by atoms with Crippen LogP contribution in [0.2, 0.25) is 0 Å². The first-order valence-corrected chi connectivity index (χ1v) is 6.10. The Morgan fingerprint density at radius 3 is 1.42 bits per heavy atom. The number of nitrogens with zero attached hydrogens (tertiary/aromatic N) is 2. The van der Waals surface area contributed by atoms with Gasteiger partial charge in [0.2, 0.25) is 0 Å². The minimum atomic E-state index is 1.21. The zero-order valence-electron chi connectivity index (χ0n) is 10.3. The first kappa shape index (κ1) is 11.4. The van der Waals surface area contributed by atoms with Gasteiger partial charge in [0.1, 0.15) is 0 Å². The molecule has 1 N–H and O–H groups in total. The molecule has 0 amide bonds.